The minimum atomic E-state index is -0.717. The van der Waals surface area contributed by atoms with E-state index in [9.17, 15) is 19.2 Å². The molecular weight excluding hydrogens is 777 g/mol. The number of rotatable bonds is 13. The van der Waals surface area contributed by atoms with Gasteiger partial charge in [0.05, 0.1) is 24.0 Å². The second-order valence-corrected chi connectivity index (χ2v) is 18.2. The molecule has 5 fully saturated rings. The molecule has 2 aromatic heterocycles. The molecule has 2 aliphatic heterocycles. The number of carbonyl (C=O) groups is 4. The highest BCUT2D eigenvalue weighted by atomic mass is 16.2. The van der Waals surface area contributed by atoms with Crippen LogP contribution >= 0.6 is 0 Å². The Hall–Kier alpha value is -6.04. The van der Waals surface area contributed by atoms with Gasteiger partial charge in [0, 0.05) is 42.7 Å². The number of hydrogen-bond acceptors (Lipinski definition) is 6. The summed E-state index contributed by atoms with van der Waals surface area (Å²) in [5.74, 6) is 2.27. The van der Waals surface area contributed by atoms with E-state index < -0.39 is 12.1 Å². The van der Waals surface area contributed by atoms with E-state index >= 15 is 0 Å². The summed E-state index contributed by atoms with van der Waals surface area (Å²) in [5.41, 5.74) is 6.07. The first-order chi connectivity index (χ1) is 30.4. The van der Waals surface area contributed by atoms with E-state index in [2.05, 4.69) is 44.9 Å². The molecule has 12 heteroatoms. The van der Waals surface area contributed by atoms with Crippen LogP contribution in [0, 0.1) is 11.8 Å². The zero-order chi connectivity index (χ0) is 42.2. The molecule has 10 rings (SSSR count). The largest absolute Gasteiger partial charge is 0.344 e. The lowest BCUT2D eigenvalue weighted by molar-refractivity contribution is -0.138. The molecule has 3 aromatic carbocycles. The molecule has 2 saturated heterocycles. The summed E-state index contributed by atoms with van der Waals surface area (Å²) in [5, 5.41) is 6.14. The molecule has 3 saturated carbocycles. The number of carbonyl (C=O) groups excluding carboxylic acids is 4. The molecule has 4 amide bonds. The van der Waals surface area contributed by atoms with Gasteiger partial charge in [0.1, 0.15) is 23.7 Å². The average Bonchev–Trinajstić information content (AvgIpc) is 4.07. The van der Waals surface area contributed by atoms with Crippen LogP contribution in [0.3, 0.4) is 0 Å². The van der Waals surface area contributed by atoms with E-state index in [4.69, 9.17) is 9.97 Å². The Balaban J connectivity index is 0.756. The van der Waals surface area contributed by atoms with Gasteiger partial charge in [-0.25, -0.2) is 9.97 Å². The molecular formula is C50H56N8O4. The Morgan fingerprint density at radius 2 is 1.03 bits per heavy atom. The number of nitrogens with zero attached hydrogens (tertiary/aromatic N) is 4. The molecule has 62 heavy (non-hydrogen) atoms. The predicted molar refractivity (Wildman–Crippen MR) is 234 cm³/mol. The second kappa shape index (κ2) is 17.4. The summed E-state index contributed by atoms with van der Waals surface area (Å²) >= 11 is 0. The zero-order valence-corrected chi connectivity index (χ0v) is 35.2. The van der Waals surface area contributed by atoms with Gasteiger partial charge in [0.2, 0.25) is 23.6 Å². The van der Waals surface area contributed by atoms with Gasteiger partial charge in [0.25, 0.3) is 0 Å². The van der Waals surface area contributed by atoms with E-state index in [1.807, 2.05) is 82.9 Å². The Bertz CT molecular complexity index is 2380. The van der Waals surface area contributed by atoms with Crippen molar-refractivity contribution in [2.75, 3.05) is 13.1 Å². The van der Waals surface area contributed by atoms with Crippen molar-refractivity contribution in [3.63, 3.8) is 0 Å². The quantitative estimate of drug-likeness (QED) is 0.0940. The number of H-pyrrole nitrogens is 2. The molecule has 0 unspecified atom stereocenters. The third-order valence-electron chi connectivity index (χ3n) is 14.0. The van der Waals surface area contributed by atoms with Crippen LogP contribution in [0.5, 0.6) is 0 Å². The predicted octanol–water partition coefficient (Wildman–Crippen LogP) is 8.10. The SMILES string of the molecule is O=C(N[C@@H](C(=O)N1CCC[C@H]1c1ncc(-c2ccc(C3CCC(c4cnc([C@@H]5CCCN5C(=O)[C@H](NC(=O)C5CC5)c5ccccc5)[nH]4)CC3)cc2)[nH]1)c1ccccc1)C1CC1. The Kier molecular flexibility index (Phi) is 11.2. The van der Waals surface area contributed by atoms with Crippen LogP contribution in [-0.4, -0.2) is 66.5 Å². The van der Waals surface area contributed by atoms with Crippen LogP contribution in [0.2, 0.25) is 0 Å². The summed E-state index contributed by atoms with van der Waals surface area (Å²) in [6.45, 7) is 1.27. The molecule has 12 nitrogen and oxygen atoms in total. The fraction of sp³-hybridized carbons (Fsp3) is 0.440. The van der Waals surface area contributed by atoms with Gasteiger partial charge in [-0.2, -0.15) is 0 Å². The minimum Gasteiger partial charge on any atom is -0.344 e. The molecule has 4 atom stereocenters. The van der Waals surface area contributed by atoms with Crippen LogP contribution in [-0.2, 0) is 19.2 Å². The number of benzene rings is 3. The number of imidazole rings is 2. The summed E-state index contributed by atoms with van der Waals surface area (Å²) in [7, 11) is 0. The molecule has 0 radical (unpaired) electrons. The van der Waals surface area contributed by atoms with Crippen molar-refractivity contribution < 1.29 is 19.2 Å². The van der Waals surface area contributed by atoms with Gasteiger partial charge in [-0.05, 0) is 105 Å². The lowest BCUT2D eigenvalue weighted by Crippen LogP contribution is -2.43. The number of hydrogen-bond donors (Lipinski definition) is 4. The van der Waals surface area contributed by atoms with E-state index in [1.54, 1.807) is 0 Å². The average molecular weight is 833 g/mol. The van der Waals surface area contributed by atoms with Crippen LogP contribution in [0.1, 0.15) is 147 Å². The minimum absolute atomic E-state index is 0.0108. The maximum absolute atomic E-state index is 14.1. The van der Waals surface area contributed by atoms with Crippen LogP contribution in [0.4, 0.5) is 0 Å². The van der Waals surface area contributed by atoms with Crippen molar-refractivity contribution in [3.05, 3.63) is 131 Å². The van der Waals surface area contributed by atoms with Crippen molar-refractivity contribution in [2.45, 2.75) is 113 Å². The van der Waals surface area contributed by atoms with Gasteiger partial charge in [-0.1, -0.05) is 84.9 Å². The second-order valence-electron chi connectivity index (χ2n) is 18.2. The molecule has 5 aromatic rings. The molecule has 4 heterocycles. The summed E-state index contributed by atoms with van der Waals surface area (Å²) in [4.78, 5) is 74.6. The lowest BCUT2D eigenvalue weighted by atomic mass is 9.77. The summed E-state index contributed by atoms with van der Waals surface area (Å²) in [6.07, 6.45) is 15.1. The molecule has 3 aliphatic carbocycles. The number of likely N-dealkylation sites (tertiary alicyclic amines) is 2. The summed E-state index contributed by atoms with van der Waals surface area (Å²) in [6, 6.07) is 26.3. The highest BCUT2D eigenvalue weighted by molar-refractivity contribution is 5.91. The number of aromatic nitrogens is 4. The molecule has 5 aliphatic rings. The molecule has 320 valence electrons. The Morgan fingerprint density at radius 3 is 1.55 bits per heavy atom. The fourth-order valence-corrected chi connectivity index (χ4v) is 10.1. The van der Waals surface area contributed by atoms with Gasteiger partial charge in [0.15, 0.2) is 0 Å². The van der Waals surface area contributed by atoms with Crippen molar-refractivity contribution in [1.29, 1.82) is 0 Å². The van der Waals surface area contributed by atoms with Gasteiger partial charge in [-0.15, -0.1) is 0 Å². The van der Waals surface area contributed by atoms with Crippen molar-refractivity contribution in [3.8, 4) is 11.3 Å². The van der Waals surface area contributed by atoms with E-state index in [1.165, 1.54) is 5.56 Å². The third-order valence-corrected chi connectivity index (χ3v) is 14.0. The standard InChI is InChI=1S/C50H56N8O4/c59-47(37-23-24-37)55-43(35-9-3-1-4-10-35)49(61)57-27-7-13-41(57)45-51-29-39(53-45)33-19-15-31(16-20-33)32-17-21-34(22-18-32)40-30-52-46(54-40)42-14-8-28-58(42)50(62)44(36-11-5-2-6-12-36)56-48(60)38-25-26-38/h1-6,9-12,15-16,19-20,29-30,32,34,37-38,41-44H,7-8,13-14,17-18,21-28H2,(H,51,53)(H,52,54)(H,55,59)(H,56,60)/t32?,34?,41-,42-,43+,44+/m0/s1. The number of amides is 4. The van der Waals surface area contributed by atoms with Gasteiger partial charge in [-0.3, -0.25) is 19.2 Å². The monoisotopic (exact) mass is 832 g/mol. The first-order valence-electron chi connectivity index (χ1n) is 22.9. The number of nitrogens with one attached hydrogen (secondary N) is 4. The smallest absolute Gasteiger partial charge is 0.250 e. The first-order valence-corrected chi connectivity index (χ1v) is 22.9. The zero-order valence-electron chi connectivity index (χ0n) is 35.2. The highest BCUT2D eigenvalue weighted by Crippen LogP contribution is 2.42. The Labute approximate surface area is 362 Å². The molecule has 0 spiro atoms. The number of aromatic amines is 2. The van der Waals surface area contributed by atoms with Crippen LogP contribution in [0.15, 0.2) is 97.3 Å². The normalized spacial score (nSPS) is 23.5. The van der Waals surface area contributed by atoms with Gasteiger partial charge < -0.3 is 30.4 Å². The van der Waals surface area contributed by atoms with Crippen molar-refractivity contribution >= 4 is 23.6 Å². The van der Waals surface area contributed by atoms with E-state index in [-0.39, 0.29) is 47.5 Å². The lowest BCUT2D eigenvalue weighted by Gasteiger charge is -2.29. The Morgan fingerprint density at radius 1 is 0.548 bits per heavy atom. The van der Waals surface area contributed by atoms with Gasteiger partial charge >= 0.3 is 0 Å². The third kappa shape index (κ3) is 8.43. The topological polar surface area (TPSA) is 156 Å². The maximum atomic E-state index is 14.1. The van der Waals surface area contributed by atoms with E-state index in [0.29, 0.717) is 24.9 Å². The van der Waals surface area contributed by atoms with Crippen LogP contribution < -0.4 is 10.6 Å². The van der Waals surface area contributed by atoms with Crippen molar-refractivity contribution in [2.24, 2.45) is 11.8 Å². The fourth-order valence-electron chi connectivity index (χ4n) is 10.1. The molecule has 4 N–H and O–H groups in total. The maximum Gasteiger partial charge on any atom is 0.250 e. The first kappa shape index (κ1) is 40.1. The summed E-state index contributed by atoms with van der Waals surface area (Å²) < 4.78 is 0. The highest BCUT2D eigenvalue weighted by Gasteiger charge is 2.41. The van der Waals surface area contributed by atoms with Crippen molar-refractivity contribution in [1.82, 2.24) is 40.4 Å². The van der Waals surface area contributed by atoms with E-state index in [0.717, 1.165) is 117 Å². The molecule has 0 bridgehead atoms. The van der Waals surface area contributed by atoms with Crippen LogP contribution in [0.25, 0.3) is 11.3 Å².